The van der Waals surface area contributed by atoms with Crippen LogP contribution in [0.5, 0.6) is 23.0 Å². The second-order valence-corrected chi connectivity index (χ2v) is 9.21. The molecule has 8 nitrogen and oxygen atoms in total. The van der Waals surface area contributed by atoms with Gasteiger partial charge in [0.15, 0.2) is 17.6 Å². The Morgan fingerprint density at radius 3 is 2.29 bits per heavy atom. The highest BCUT2D eigenvalue weighted by molar-refractivity contribution is 6.30. The summed E-state index contributed by atoms with van der Waals surface area (Å²) in [5, 5.41) is 4.54. The van der Waals surface area contributed by atoms with Crippen molar-refractivity contribution in [2.75, 3.05) is 6.61 Å². The third kappa shape index (κ3) is 8.84. The largest absolute Gasteiger partial charge is 0.490 e. The maximum Gasteiger partial charge on any atom is 0.343 e. The minimum absolute atomic E-state index is 0.256. The van der Waals surface area contributed by atoms with Crippen molar-refractivity contribution in [2.24, 2.45) is 5.10 Å². The first-order chi connectivity index (χ1) is 19.9. The smallest absolute Gasteiger partial charge is 0.343 e. The Morgan fingerprint density at radius 2 is 1.59 bits per heavy atom. The zero-order chi connectivity index (χ0) is 29.0. The number of hydrazone groups is 1. The molecule has 4 aromatic carbocycles. The SMILES string of the molecule is CCOc1cc(C=NNC(=O)C(C)Oc2ccc(OCc3ccccc3)cc2)ccc1OC(=O)c1ccc(Cl)cc1. The van der Waals surface area contributed by atoms with E-state index in [9.17, 15) is 9.59 Å². The van der Waals surface area contributed by atoms with E-state index < -0.39 is 18.0 Å². The molecule has 210 valence electrons. The van der Waals surface area contributed by atoms with Crippen molar-refractivity contribution in [2.45, 2.75) is 26.6 Å². The molecule has 0 aromatic heterocycles. The summed E-state index contributed by atoms with van der Waals surface area (Å²) >= 11 is 5.88. The van der Waals surface area contributed by atoms with Gasteiger partial charge in [-0.25, -0.2) is 10.2 Å². The third-order valence-electron chi connectivity index (χ3n) is 5.69. The lowest BCUT2D eigenvalue weighted by molar-refractivity contribution is -0.127. The van der Waals surface area contributed by atoms with Crippen LogP contribution < -0.4 is 24.4 Å². The Morgan fingerprint density at radius 1 is 0.878 bits per heavy atom. The summed E-state index contributed by atoms with van der Waals surface area (Å²) in [7, 11) is 0. The molecule has 1 N–H and O–H groups in total. The fourth-order valence-corrected chi connectivity index (χ4v) is 3.70. The highest BCUT2D eigenvalue weighted by Crippen LogP contribution is 2.29. The number of carbonyl (C=O) groups is 2. The second-order valence-electron chi connectivity index (χ2n) is 8.78. The molecule has 0 aliphatic carbocycles. The van der Waals surface area contributed by atoms with Gasteiger partial charge in [0.1, 0.15) is 18.1 Å². The number of halogens is 1. The Labute approximate surface area is 243 Å². The molecule has 1 atom stereocenters. The van der Waals surface area contributed by atoms with Gasteiger partial charge in [-0.15, -0.1) is 0 Å². The van der Waals surface area contributed by atoms with Crippen LogP contribution in [0.4, 0.5) is 0 Å². The summed E-state index contributed by atoms with van der Waals surface area (Å²) in [5.74, 6) is 0.863. The van der Waals surface area contributed by atoms with Crippen molar-refractivity contribution in [3.05, 3.63) is 119 Å². The minimum atomic E-state index is -0.795. The average molecular weight is 573 g/mol. The molecular formula is C32H29ClN2O6. The van der Waals surface area contributed by atoms with E-state index in [0.29, 0.717) is 46.6 Å². The first-order valence-corrected chi connectivity index (χ1v) is 13.3. The highest BCUT2D eigenvalue weighted by Gasteiger charge is 2.15. The van der Waals surface area contributed by atoms with Gasteiger partial charge in [0.05, 0.1) is 18.4 Å². The van der Waals surface area contributed by atoms with E-state index in [1.165, 1.54) is 6.21 Å². The number of nitrogens with zero attached hydrogens (tertiary/aromatic N) is 1. The van der Waals surface area contributed by atoms with Crippen LogP contribution in [0, 0.1) is 0 Å². The van der Waals surface area contributed by atoms with E-state index in [1.807, 2.05) is 37.3 Å². The van der Waals surface area contributed by atoms with Gasteiger partial charge in [-0.2, -0.15) is 5.10 Å². The molecule has 0 spiro atoms. The molecule has 0 heterocycles. The molecule has 4 rings (SSSR count). The molecule has 0 radical (unpaired) electrons. The maximum atomic E-state index is 12.5. The van der Waals surface area contributed by atoms with E-state index >= 15 is 0 Å². The first kappa shape index (κ1) is 29.2. The molecule has 0 bridgehead atoms. The molecule has 1 amide bonds. The van der Waals surface area contributed by atoms with Crippen LogP contribution in [0.2, 0.25) is 5.02 Å². The zero-order valence-corrected chi connectivity index (χ0v) is 23.3. The van der Waals surface area contributed by atoms with E-state index in [1.54, 1.807) is 73.7 Å². The standard InChI is InChI=1S/C32H29ClN2O6/c1-3-38-30-19-24(9-18-29(30)41-32(37)25-10-12-26(33)13-11-25)20-34-35-31(36)22(2)40-28-16-14-27(15-17-28)39-21-23-7-5-4-6-8-23/h4-20,22H,3,21H2,1-2H3,(H,35,36). The number of carbonyl (C=O) groups excluding carboxylic acids is 2. The number of esters is 1. The summed E-state index contributed by atoms with van der Waals surface area (Å²) in [6.07, 6.45) is 0.661. The lowest BCUT2D eigenvalue weighted by Crippen LogP contribution is -2.33. The molecular weight excluding hydrogens is 544 g/mol. The third-order valence-corrected chi connectivity index (χ3v) is 5.94. The summed E-state index contributed by atoms with van der Waals surface area (Å²) in [4.78, 5) is 25.0. The molecule has 9 heteroatoms. The number of hydrogen-bond acceptors (Lipinski definition) is 7. The summed E-state index contributed by atoms with van der Waals surface area (Å²) in [6.45, 7) is 4.26. The predicted molar refractivity (Wildman–Crippen MR) is 157 cm³/mol. The van der Waals surface area contributed by atoms with Crippen LogP contribution in [0.3, 0.4) is 0 Å². The second kappa shape index (κ2) is 14.5. The topological polar surface area (TPSA) is 95.5 Å². The average Bonchev–Trinajstić information content (AvgIpc) is 2.99. The van der Waals surface area contributed by atoms with Crippen LogP contribution in [0.1, 0.15) is 35.3 Å². The molecule has 4 aromatic rings. The summed E-state index contributed by atoms with van der Waals surface area (Å²) < 4.78 is 22.6. The van der Waals surface area contributed by atoms with Crippen LogP contribution >= 0.6 is 11.6 Å². The monoisotopic (exact) mass is 572 g/mol. The van der Waals surface area contributed by atoms with Crippen LogP contribution in [-0.2, 0) is 11.4 Å². The van der Waals surface area contributed by atoms with Gasteiger partial charge in [-0.05, 0) is 91.7 Å². The molecule has 41 heavy (non-hydrogen) atoms. The van der Waals surface area contributed by atoms with Crippen LogP contribution in [0.25, 0.3) is 0 Å². The van der Waals surface area contributed by atoms with Gasteiger partial charge in [0.25, 0.3) is 5.91 Å². The summed E-state index contributed by atoms with van der Waals surface area (Å²) in [5.41, 5.74) is 4.52. The van der Waals surface area contributed by atoms with Crippen LogP contribution in [-0.4, -0.2) is 30.8 Å². The maximum absolute atomic E-state index is 12.5. The Balaban J connectivity index is 1.29. The van der Waals surface area contributed by atoms with Gasteiger partial charge in [-0.1, -0.05) is 41.9 Å². The molecule has 0 aliphatic heterocycles. The van der Waals surface area contributed by atoms with Crippen molar-refractivity contribution in [1.82, 2.24) is 5.43 Å². The predicted octanol–water partition coefficient (Wildman–Crippen LogP) is 6.45. The molecule has 0 fully saturated rings. The van der Waals surface area contributed by atoms with E-state index in [2.05, 4.69) is 10.5 Å². The fraction of sp³-hybridized carbons (Fsp3) is 0.156. The number of amides is 1. The number of hydrogen-bond donors (Lipinski definition) is 1. The quantitative estimate of drug-likeness (QED) is 0.0906. The number of nitrogens with one attached hydrogen (secondary N) is 1. The van der Waals surface area contributed by atoms with Crippen molar-refractivity contribution >= 4 is 29.7 Å². The van der Waals surface area contributed by atoms with Crippen molar-refractivity contribution in [3.63, 3.8) is 0 Å². The van der Waals surface area contributed by atoms with E-state index in [-0.39, 0.29) is 5.75 Å². The number of rotatable bonds is 12. The van der Waals surface area contributed by atoms with E-state index in [0.717, 1.165) is 5.56 Å². The van der Waals surface area contributed by atoms with Gasteiger partial charge < -0.3 is 18.9 Å². The molecule has 0 aliphatic rings. The molecule has 1 unspecified atom stereocenters. The van der Waals surface area contributed by atoms with E-state index in [4.69, 9.17) is 30.5 Å². The lowest BCUT2D eigenvalue weighted by Gasteiger charge is -2.14. The van der Waals surface area contributed by atoms with Crippen molar-refractivity contribution in [3.8, 4) is 23.0 Å². The lowest BCUT2D eigenvalue weighted by atomic mass is 10.2. The normalized spacial score (nSPS) is 11.5. The van der Waals surface area contributed by atoms with Gasteiger partial charge in [0.2, 0.25) is 0 Å². The summed E-state index contributed by atoms with van der Waals surface area (Å²) in [6, 6.07) is 28.2. The van der Waals surface area contributed by atoms with Crippen molar-refractivity contribution in [1.29, 1.82) is 0 Å². The van der Waals surface area contributed by atoms with Crippen LogP contribution in [0.15, 0.2) is 102 Å². The Kier molecular flexibility index (Phi) is 10.3. The fourth-order valence-electron chi connectivity index (χ4n) is 3.58. The van der Waals surface area contributed by atoms with Crippen molar-refractivity contribution < 1.29 is 28.5 Å². The highest BCUT2D eigenvalue weighted by atomic mass is 35.5. The van der Waals surface area contributed by atoms with Gasteiger partial charge >= 0.3 is 5.97 Å². The minimum Gasteiger partial charge on any atom is -0.490 e. The number of ether oxygens (including phenoxy) is 4. The Hall–Kier alpha value is -4.82. The Bertz CT molecular complexity index is 1470. The number of benzene rings is 4. The zero-order valence-electron chi connectivity index (χ0n) is 22.6. The molecule has 0 saturated carbocycles. The van der Waals surface area contributed by atoms with Gasteiger partial charge in [0, 0.05) is 5.02 Å². The molecule has 0 saturated heterocycles. The van der Waals surface area contributed by atoms with Gasteiger partial charge in [-0.3, -0.25) is 4.79 Å². The first-order valence-electron chi connectivity index (χ1n) is 12.9.